The SMILES string of the molecule is N#CC(C#N)=C1CC(c2ccc(Br)cc2)=C(C#N)C(=N)N1c1ccccc1. The molecule has 1 heterocycles. The molecular weight excluding hydrogens is 402 g/mol. The van der Waals surface area contributed by atoms with Crippen LogP contribution in [-0.2, 0) is 0 Å². The van der Waals surface area contributed by atoms with Crippen LogP contribution >= 0.6 is 15.9 Å². The van der Waals surface area contributed by atoms with E-state index >= 15 is 0 Å². The number of halogens is 1. The van der Waals surface area contributed by atoms with E-state index in [2.05, 4.69) is 22.0 Å². The van der Waals surface area contributed by atoms with E-state index in [0.29, 0.717) is 17.0 Å². The molecule has 1 N–H and O–H groups in total. The Labute approximate surface area is 165 Å². The largest absolute Gasteiger partial charge is 0.296 e. The number of benzene rings is 2. The molecule has 3 rings (SSSR count). The molecule has 0 bridgehead atoms. The Morgan fingerprint density at radius 2 is 1.59 bits per heavy atom. The molecule has 2 aromatic carbocycles. The first kappa shape index (κ1) is 18.1. The van der Waals surface area contributed by atoms with E-state index in [1.807, 2.05) is 42.5 Å². The van der Waals surface area contributed by atoms with Gasteiger partial charge in [-0.1, -0.05) is 46.3 Å². The minimum atomic E-state index is -0.0739. The van der Waals surface area contributed by atoms with Crippen LogP contribution in [-0.4, -0.2) is 5.84 Å². The van der Waals surface area contributed by atoms with Crippen LogP contribution in [0.15, 0.2) is 75.9 Å². The molecule has 1 aliphatic rings. The summed E-state index contributed by atoms with van der Waals surface area (Å²) in [6, 6.07) is 22.4. The second-order valence-electron chi connectivity index (χ2n) is 5.71. The number of nitrogens with zero attached hydrogens (tertiary/aromatic N) is 4. The number of amidine groups is 1. The lowest BCUT2D eigenvalue weighted by atomic mass is 9.89. The molecule has 128 valence electrons. The van der Waals surface area contributed by atoms with Gasteiger partial charge in [0.15, 0.2) is 0 Å². The van der Waals surface area contributed by atoms with Crippen LogP contribution in [0.1, 0.15) is 12.0 Å². The number of allylic oxidation sites excluding steroid dienone is 2. The van der Waals surface area contributed by atoms with Gasteiger partial charge in [0.05, 0.1) is 11.3 Å². The van der Waals surface area contributed by atoms with E-state index in [4.69, 9.17) is 5.41 Å². The van der Waals surface area contributed by atoms with Crippen molar-refractivity contribution >= 4 is 33.0 Å². The molecule has 0 atom stereocenters. The van der Waals surface area contributed by atoms with Crippen molar-refractivity contribution in [2.45, 2.75) is 6.42 Å². The number of nitriles is 3. The Kier molecular flexibility index (Phi) is 5.18. The van der Waals surface area contributed by atoms with Crippen molar-refractivity contribution in [3.05, 3.63) is 81.5 Å². The van der Waals surface area contributed by atoms with E-state index in [9.17, 15) is 15.8 Å². The van der Waals surface area contributed by atoms with Crippen LogP contribution in [0.25, 0.3) is 5.57 Å². The fourth-order valence-electron chi connectivity index (χ4n) is 2.96. The molecular formula is C21H12BrN5. The van der Waals surface area contributed by atoms with E-state index in [0.717, 1.165) is 10.0 Å². The third kappa shape index (κ3) is 3.37. The normalized spacial score (nSPS) is 13.6. The zero-order chi connectivity index (χ0) is 19.4. The lowest BCUT2D eigenvalue weighted by molar-refractivity contribution is 1.06. The van der Waals surface area contributed by atoms with Gasteiger partial charge < -0.3 is 0 Å². The van der Waals surface area contributed by atoms with Crippen molar-refractivity contribution in [1.82, 2.24) is 0 Å². The maximum atomic E-state index is 9.72. The highest BCUT2D eigenvalue weighted by molar-refractivity contribution is 9.10. The Bertz CT molecular complexity index is 1070. The van der Waals surface area contributed by atoms with Gasteiger partial charge in [-0.25, -0.2) is 0 Å². The number of nitrogens with one attached hydrogen (secondary N) is 1. The third-order valence-electron chi connectivity index (χ3n) is 4.21. The first-order chi connectivity index (χ1) is 13.1. The highest BCUT2D eigenvalue weighted by Gasteiger charge is 2.32. The van der Waals surface area contributed by atoms with Crippen molar-refractivity contribution < 1.29 is 0 Å². The van der Waals surface area contributed by atoms with Crippen molar-refractivity contribution in [2.75, 3.05) is 4.90 Å². The molecule has 5 nitrogen and oxygen atoms in total. The second kappa shape index (κ2) is 7.70. The lowest BCUT2D eigenvalue weighted by Crippen LogP contribution is -2.35. The van der Waals surface area contributed by atoms with Gasteiger partial charge in [-0.15, -0.1) is 0 Å². The Morgan fingerprint density at radius 3 is 2.15 bits per heavy atom. The topological polar surface area (TPSA) is 98.5 Å². The first-order valence-electron chi connectivity index (χ1n) is 7.97. The molecule has 6 heteroatoms. The van der Waals surface area contributed by atoms with Crippen molar-refractivity contribution in [3.63, 3.8) is 0 Å². The molecule has 27 heavy (non-hydrogen) atoms. The van der Waals surface area contributed by atoms with Crippen LogP contribution < -0.4 is 4.90 Å². The summed E-state index contributed by atoms with van der Waals surface area (Å²) in [6.07, 6.45) is 0.207. The minimum Gasteiger partial charge on any atom is -0.296 e. The summed E-state index contributed by atoms with van der Waals surface area (Å²) in [7, 11) is 0. The van der Waals surface area contributed by atoms with Gasteiger partial charge in [0.1, 0.15) is 29.6 Å². The number of anilines is 1. The van der Waals surface area contributed by atoms with Gasteiger partial charge in [-0.3, -0.25) is 10.3 Å². The molecule has 0 unspecified atom stereocenters. The fourth-order valence-corrected chi connectivity index (χ4v) is 3.22. The van der Waals surface area contributed by atoms with Crippen LogP contribution in [0.3, 0.4) is 0 Å². The van der Waals surface area contributed by atoms with Crippen LogP contribution in [0.4, 0.5) is 5.69 Å². The minimum absolute atomic E-state index is 0.0501. The number of para-hydroxylation sites is 1. The average Bonchev–Trinajstić information content (AvgIpc) is 2.70. The van der Waals surface area contributed by atoms with Gasteiger partial charge in [-0.05, 0) is 35.4 Å². The Balaban J connectivity index is 2.27. The van der Waals surface area contributed by atoms with E-state index in [-0.39, 0.29) is 23.4 Å². The molecule has 0 fully saturated rings. The zero-order valence-corrected chi connectivity index (χ0v) is 15.7. The highest BCUT2D eigenvalue weighted by atomic mass is 79.9. The van der Waals surface area contributed by atoms with Crippen LogP contribution in [0, 0.1) is 39.4 Å². The standard InChI is InChI=1S/C21H12BrN5/c22-16-8-6-14(7-9-16)18-10-20(15(11-23)12-24)27(21(26)19(18)13-25)17-4-2-1-3-5-17/h1-9,26H,10H2. The Hall–Kier alpha value is -3.66. The summed E-state index contributed by atoms with van der Waals surface area (Å²) in [5.41, 5.74) is 2.58. The molecule has 0 saturated carbocycles. The zero-order valence-electron chi connectivity index (χ0n) is 14.1. The van der Waals surface area contributed by atoms with E-state index in [1.54, 1.807) is 24.3 Å². The molecule has 0 aromatic heterocycles. The summed E-state index contributed by atoms with van der Waals surface area (Å²) in [4.78, 5) is 1.50. The van der Waals surface area contributed by atoms with Crippen LogP contribution in [0.2, 0.25) is 0 Å². The maximum absolute atomic E-state index is 9.72. The summed E-state index contributed by atoms with van der Waals surface area (Å²) in [6.45, 7) is 0. The molecule has 0 radical (unpaired) electrons. The summed E-state index contributed by atoms with van der Waals surface area (Å²) in [5.74, 6) is -0.0501. The maximum Gasteiger partial charge on any atom is 0.149 e. The summed E-state index contributed by atoms with van der Waals surface area (Å²) < 4.78 is 0.896. The molecule has 1 aliphatic heterocycles. The predicted molar refractivity (Wildman–Crippen MR) is 106 cm³/mol. The van der Waals surface area contributed by atoms with Gasteiger partial charge in [-0.2, -0.15) is 15.8 Å². The van der Waals surface area contributed by atoms with Crippen molar-refractivity contribution in [2.24, 2.45) is 0 Å². The summed E-state index contributed by atoms with van der Waals surface area (Å²) in [5, 5.41) is 37.2. The highest BCUT2D eigenvalue weighted by Crippen LogP contribution is 2.38. The number of hydrogen-bond donors (Lipinski definition) is 1. The quantitative estimate of drug-likeness (QED) is 0.706. The number of rotatable bonds is 2. The Morgan fingerprint density at radius 1 is 0.963 bits per heavy atom. The average molecular weight is 414 g/mol. The third-order valence-corrected chi connectivity index (χ3v) is 4.74. The monoisotopic (exact) mass is 413 g/mol. The van der Waals surface area contributed by atoms with Crippen molar-refractivity contribution in [3.8, 4) is 18.2 Å². The molecule has 0 spiro atoms. The molecule has 0 saturated heterocycles. The van der Waals surface area contributed by atoms with Crippen molar-refractivity contribution in [1.29, 1.82) is 21.2 Å². The van der Waals surface area contributed by atoms with Crippen LogP contribution in [0.5, 0.6) is 0 Å². The van der Waals surface area contributed by atoms with Gasteiger partial charge in [0, 0.05) is 16.6 Å². The predicted octanol–water partition coefficient (Wildman–Crippen LogP) is 4.92. The smallest absolute Gasteiger partial charge is 0.149 e. The molecule has 0 aliphatic carbocycles. The molecule has 0 amide bonds. The number of hydrogen-bond acceptors (Lipinski definition) is 4. The van der Waals surface area contributed by atoms with E-state index in [1.165, 1.54) is 4.90 Å². The lowest BCUT2D eigenvalue weighted by Gasteiger charge is -2.33. The first-order valence-corrected chi connectivity index (χ1v) is 8.76. The van der Waals surface area contributed by atoms with Gasteiger partial charge in [0.25, 0.3) is 0 Å². The van der Waals surface area contributed by atoms with Gasteiger partial charge >= 0.3 is 0 Å². The molecule has 2 aromatic rings. The van der Waals surface area contributed by atoms with E-state index < -0.39 is 0 Å². The fraction of sp³-hybridized carbons (Fsp3) is 0.0476. The van der Waals surface area contributed by atoms with Gasteiger partial charge in [0.2, 0.25) is 0 Å². The summed E-state index contributed by atoms with van der Waals surface area (Å²) >= 11 is 3.38. The second-order valence-corrected chi connectivity index (χ2v) is 6.63.